The fourth-order valence-corrected chi connectivity index (χ4v) is 1.89. The number of esters is 1. The van der Waals surface area contributed by atoms with Crippen LogP contribution in [0.15, 0.2) is 24.3 Å². The number of aliphatic hydroxyl groups is 1. The number of hydrogen-bond acceptors (Lipinski definition) is 4. The van der Waals surface area contributed by atoms with Gasteiger partial charge in [-0.05, 0) is 51.8 Å². The van der Waals surface area contributed by atoms with E-state index in [1.54, 1.807) is 13.8 Å². The van der Waals surface area contributed by atoms with Crippen LogP contribution in [-0.4, -0.2) is 23.8 Å². The molecule has 1 rings (SSSR count). The molecule has 1 N–H and O–H groups in total. The monoisotopic (exact) mass is 280 g/mol. The average molecular weight is 280 g/mol. The molecule has 0 aromatic heterocycles. The Bertz CT molecular complexity index is 421. The van der Waals surface area contributed by atoms with Gasteiger partial charge in [0.05, 0.1) is 18.3 Å². The van der Waals surface area contributed by atoms with E-state index >= 15 is 0 Å². The van der Waals surface area contributed by atoms with E-state index in [1.165, 1.54) is 0 Å². The van der Waals surface area contributed by atoms with Crippen LogP contribution in [0, 0.1) is 0 Å². The van der Waals surface area contributed by atoms with Crippen LogP contribution >= 0.6 is 0 Å². The molecule has 112 valence electrons. The smallest absolute Gasteiger partial charge is 0.305 e. The summed E-state index contributed by atoms with van der Waals surface area (Å²) in [5, 5.41) is 10.4. The summed E-state index contributed by atoms with van der Waals surface area (Å²) >= 11 is 0. The SMILES string of the molecule is CCOC(=O)CCC(C)(O)c1ccc(OC(C)C)cc1. The van der Waals surface area contributed by atoms with Crippen molar-refractivity contribution in [2.24, 2.45) is 0 Å². The highest BCUT2D eigenvalue weighted by Gasteiger charge is 2.24. The summed E-state index contributed by atoms with van der Waals surface area (Å²) in [6, 6.07) is 7.30. The van der Waals surface area contributed by atoms with Crippen molar-refractivity contribution >= 4 is 5.97 Å². The van der Waals surface area contributed by atoms with Crippen molar-refractivity contribution in [2.45, 2.75) is 52.2 Å². The van der Waals surface area contributed by atoms with Crippen LogP contribution in [0.25, 0.3) is 0 Å². The first-order valence-corrected chi connectivity index (χ1v) is 7.00. The van der Waals surface area contributed by atoms with E-state index in [2.05, 4.69) is 0 Å². The molecule has 0 aliphatic heterocycles. The Kier molecular flexibility index (Phi) is 6.02. The molecule has 1 unspecified atom stereocenters. The van der Waals surface area contributed by atoms with Gasteiger partial charge in [-0.2, -0.15) is 0 Å². The molecule has 1 aromatic rings. The van der Waals surface area contributed by atoms with Gasteiger partial charge < -0.3 is 14.6 Å². The third-order valence-corrected chi connectivity index (χ3v) is 2.97. The number of rotatable bonds is 7. The average Bonchev–Trinajstić information content (AvgIpc) is 2.37. The standard InChI is InChI=1S/C16H24O4/c1-5-19-15(17)10-11-16(4,18)13-6-8-14(9-7-13)20-12(2)3/h6-9,12,18H,5,10-11H2,1-4H3. The molecule has 0 spiro atoms. The first-order chi connectivity index (χ1) is 9.35. The van der Waals surface area contributed by atoms with Crippen molar-refractivity contribution in [1.29, 1.82) is 0 Å². The zero-order chi connectivity index (χ0) is 15.2. The molecular weight excluding hydrogens is 256 g/mol. The molecule has 1 aromatic carbocycles. The minimum Gasteiger partial charge on any atom is -0.491 e. The van der Waals surface area contributed by atoms with Crippen LogP contribution in [0.2, 0.25) is 0 Å². The highest BCUT2D eigenvalue weighted by Crippen LogP contribution is 2.28. The van der Waals surface area contributed by atoms with Crippen molar-refractivity contribution < 1.29 is 19.4 Å². The Hall–Kier alpha value is -1.55. The Morgan fingerprint density at radius 3 is 2.40 bits per heavy atom. The Labute approximate surface area is 120 Å². The third-order valence-electron chi connectivity index (χ3n) is 2.97. The van der Waals surface area contributed by atoms with Crippen molar-refractivity contribution in [1.82, 2.24) is 0 Å². The fourth-order valence-electron chi connectivity index (χ4n) is 1.89. The van der Waals surface area contributed by atoms with E-state index in [-0.39, 0.29) is 18.5 Å². The molecule has 4 heteroatoms. The largest absolute Gasteiger partial charge is 0.491 e. The molecule has 4 nitrogen and oxygen atoms in total. The van der Waals surface area contributed by atoms with E-state index in [1.807, 2.05) is 38.1 Å². The van der Waals surface area contributed by atoms with Crippen LogP contribution in [0.4, 0.5) is 0 Å². The summed E-state index contributed by atoms with van der Waals surface area (Å²) < 4.78 is 10.4. The van der Waals surface area contributed by atoms with Crippen LogP contribution in [-0.2, 0) is 15.1 Å². The number of carbonyl (C=O) groups is 1. The minimum absolute atomic E-state index is 0.116. The Morgan fingerprint density at radius 1 is 1.30 bits per heavy atom. The van der Waals surface area contributed by atoms with Crippen molar-refractivity contribution in [3.8, 4) is 5.75 Å². The fraction of sp³-hybridized carbons (Fsp3) is 0.562. The molecule has 0 saturated heterocycles. The lowest BCUT2D eigenvalue weighted by molar-refractivity contribution is -0.144. The first-order valence-electron chi connectivity index (χ1n) is 7.00. The molecule has 1 atom stereocenters. The quantitative estimate of drug-likeness (QED) is 0.780. The van der Waals surface area contributed by atoms with E-state index in [4.69, 9.17) is 9.47 Å². The summed E-state index contributed by atoms with van der Waals surface area (Å²) in [7, 11) is 0. The number of carbonyl (C=O) groups excluding carboxylic acids is 1. The zero-order valence-corrected chi connectivity index (χ0v) is 12.7. The highest BCUT2D eigenvalue weighted by molar-refractivity contribution is 5.69. The van der Waals surface area contributed by atoms with Crippen molar-refractivity contribution in [3.63, 3.8) is 0 Å². The maximum Gasteiger partial charge on any atom is 0.305 e. The van der Waals surface area contributed by atoms with Crippen molar-refractivity contribution in [2.75, 3.05) is 6.61 Å². The molecule has 0 fully saturated rings. The minimum atomic E-state index is -1.05. The predicted octanol–water partition coefficient (Wildman–Crippen LogP) is 3.02. The maximum atomic E-state index is 11.3. The van der Waals surface area contributed by atoms with Gasteiger partial charge in [-0.25, -0.2) is 0 Å². The second-order valence-corrected chi connectivity index (χ2v) is 5.27. The number of ether oxygens (including phenoxy) is 2. The lowest BCUT2D eigenvalue weighted by Crippen LogP contribution is -2.23. The van der Waals surface area contributed by atoms with Crippen LogP contribution < -0.4 is 4.74 Å². The molecule has 0 aliphatic rings. The van der Waals surface area contributed by atoms with Gasteiger partial charge in [0.1, 0.15) is 5.75 Å². The Morgan fingerprint density at radius 2 is 1.90 bits per heavy atom. The predicted molar refractivity (Wildman–Crippen MR) is 77.6 cm³/mol. The lowest BCUT2D eigenvalue weighted by atomic mass is 9.91. The second kappa shape index (κ2) is 7.29. The molecular formula is C16H24O4. The summed E-state index contributed by atoms with van der Waals surface area (Å²) in [4.78, 5) is 11.3. The first kappa shape index (κ1) is 16.5. The van der Waals surface area contributed by atoms with E-state index in [0.29, 0.717) is 13.0 Å². The topological polar surface area (TPSA) is 55.8 Å². The van der Waals surface area contributed by atoms with Gasteiger partial charge in [0.15, 0.2) is 0 Å². The van der Waals surface area contributed by atoms with Crippen LogP contribution in [0.3, 0.4) is 0 Å². The molecule has 0 aliphatic carbocycles. The van der Waals surface area contributed by atoms with Crippen molar-refractivity contribution in [3.05, 3.63) is 29.8 Å². The van der Waals surface area contributed by atoms with E-state index in [9.17, 15) is 9.90 Å². The molecule has 0 amide bonds. The summed E-state index contributed by atoms with van der Waals surface area (Å²) in [5.41, 5.74) is -0.291. The Balaban J connectivity index is 2.64. The molecule has 20 heavy (non-hydrogen) atoms. The van der Waals surface area contributed by atoms with Gasteiger partial charge in [-0.3, -0.25) is 4.79 Å². The highest BCUT2D eigenvalue weighted by atomic mass is 16.5. The zero-order valence-electron chi connectivity index (χ0n) is 12.7. The second-order valence-electron chi connectivity index (χ2n) is 5.27. The lowest BCUT2D eigenvalue weighted by Gasteiger charge is -2.23. The molecule has 0 bridgehead atoms. The number of benzene rings is 1. The van der Waals surface area contributed by atoms with Gasteiger partial charge >= 0.3 is 5.97 Å². The molecule has 0 heterocycles. The number of hydrogen-bond donors (Lipinski definition) is 1. The third kappa shape index (κ3) is 5.21. The van der Waals surface area contributed by atoms with Gasteiger partial charge in [0.2, 0.25) is 0 Å². The summed E-state index contributed by atoms with van der Waals surface area (Å²) in [6.45, 7) is 7.75. The van der Waals surface area contributed by atoms with Gasteiger partial charge in [-0.1, -0.05) is 12.1 Å². The van der Waals surface area contributed by atoms with E-state index < -0.39 is 5.60 Å². The molecule has 0 saturated carbocycles. The van der Waals surface area contributed by atoms with Gasteiger partial charge in [0.25, 0.3) is 0 Å². The van der Waals surface area contributed by atoms with Crippen LogP contribution in [0.1, 0.15) is 46.1 Å². The van der Waals surface area contributed by atoms with Gasteiger partial charge in [-0.15, -0.1) is 0 Å². The van der Waals surface area contributed by atoms with Crippen LogP contribution in [0.5, 0.6) is 5.75 Å². The van der Waals surface area contributed by atoms with E-state index in [0.717, 1.165) is 11.3 Å². The normalized spacial score (nSPS) is 13.9. The maximum absolute atomic E-state index is 11.3. The molecule has 0 radical (unpaired) electrons. The summed E-state index contributed by atoms with van der Waals surface area (Å²) in [5.74, 6) is 0.484. The summed E-state index contributed by atoms with van der Waals surface area (Å²) in [6.07, 6.45) is 0.645. The van der Waals surface area contributed by atoms with Gasteiger partial charge in [0, 0.05) is 6.42 Å².